The molecule has 0 fully saturated rings. The van der Waals surface area contributed by atoms with Gasteiger partial charge in [-0.25, -0.2) is 4.79 Å². The molecule has 6 heteroatoms. The van der Waals surface area contributed by atoms with Gasteiger partial charge in [0.2, 0.25) is 0 Å². The van der Waals surface area contributed by atoms with Gasteiger partial charge in [0.25, 0.3) is 5.91 Å². The van der Waals surface area contributed by atoms with E-state index < -0.39 is 5.97 Å². The van der Waals surface area contributed by atoms with Crippen molar-refractivity contribution in [2.75, 3.05) is 13.7 Å². The Morgan fingerprint density at radius 1 is 1.22 bits per heavy atom. The van der Waals surface area contributed by atoms with Gasteiger partial charge in [-0.15, -0.1) is 0 Å². The maximum atomic E-state index is 11.9. The lowest BCUT2D eigenvalue weighted by molar-refractivity contribution is -0.147. The van der Waals surface area contributed by atoms with Crippen LogP contribution in [0.15, 0.2) is 53.0 Å². The lowest BCUT2D eigenvalue weighted by Crippen LogP contribution is -2.30. The number of rotatable bonds is 6. The molecule has 120 valence electrons. The molecule has 1 aromatic carbocycles. The number of halogens is 1. The minimum absolute atomic E-state index is 0.261. The number of carbonyl (C=O) groups excluding carboxylic acids is 2. The zero-order valence-electron chi connectivity index (χ0n) is 12.6. The van der Waals surface area contributed by atoms with E-state index in [1.807, 2.05) is 52.9 Å². The zero-order valence-corrected chi connectivity index (χ0v) is 14.7. The van der Waals surface area contributed by atoms with Crippen LogP contribution < -0.4 is 0 Å². The average molecular weight is 425 g/mol. The average Bonchev–Trinajstić information content (AvgIpc) is 2.97. The van der Waals surface area contributed by atoms with Crippen LogP contribution in [-0.4, -0.2) is 30.4 Å². The van der Waals surface area contributed by atoms with E-state index in [2.05, 4.69) is 0 Å². The first-order chi connectivity index (χ1) is 11.0. The minimum Gasteiger partial charge on any atom is -0.452 e. The van der Waals surface area contributed by atoms with E-state index in [9.17, 15) is 9.59 Å². The number of esters is 1. The van der Waals surface area contributed by atoms with Crippen LogP contribution in [0.4, 0.5) is 0 Å². The van der Waals surface area contributed by atoms with Gasteiger partial charge in [0.15, 0.2) is 10.4 Å². The Balaban J connectivity index is 1.77. The van der Waals surface area contributed by atoms with Crippen molar-refractivity contribution >= 4 is 40.5 Å². The van der Waals surface area contributed by atoms with Crippen LogP contribution in [-0.2, 0) is 20.9 Å². The molecule has 0 N–H and O–H groups in total. The number of carbonyl (C=O) groups is 2. The Kier molecular flexibility index (Phi) is 6.40. The molecule has 2 aromatic rings. The predicted octanol–water partition coefficient (Wildman–Crippen LogP) is 3.10. The second-order valence-corrected chi connectivity index (χ2v) is 5.88. The van der Waals surface area contributed by atoms with Crippen molar-refractivity contribution in [3.8, 4) is 0 Å². The highest BCUT2D eigenvalue weighted by molar-refractivity contribution is 14.1. The van der Waals surface area contributed by atoms with Crippen LogP contribution >= 0.6 is 22.6 Å². The predicted molar refractivity (Wildman–Crippen MR) is 94.3 cm³/mol. The molecule has 0 aliphatic rings. The fourth-order valence-electron chi connectivity index (χ4n) is 1.80. The lowest BCUT2D eigenvalue weighted by Gasteiger charge is -2.16. The van der Waals surface area contributed by atoms with E-state index in [1.54, 1.807) is 19.2 Å². The van der Waals surface area contributed by atoms with Crippen LogP contribution in [0, 0.1) is 3.77 Å². The summed E-state index contributed by atoms with van der Waals surface area (Å²) in [6, 6.07) is 13.1. The minimum atomic E-state index is -0.585. The first kappa shape index (κ1) is 17.3. The standard InChI is InChI=1S/C17H16INO4/c1-19(11-13-5-3-2-4-6-13)16(20)12-22-17(21)10-8-14-7-9-15(18)23-14/h2-10H,11-12H2,1H3/b10-8+. The quantitative estimate of drug-likeness (QED) is 0.406. The molecule has 0 saturated heterocycles. The second kappa shape index (κ2) is 8.52. The summed E-state index contributed by atoms with van der Waals surface area (Å²) in [5.74, 6) is -0.292. The molecule has 0 atom stereocenters. The fourth-order valence-corrected chi connectivity index (χ4v) is 2.24. The normalized spacial score (nSPS) is 10.7. The monoisotopic (exact) mass is 425 g/mol. The number of ether oxygens (including phenoxy) is 1. The van der Waals surface area contributed by atoms with Crippen molar-refractivity contribution < 1.29 is 18.7 Å². The summed E-state index contributed by atoms with van der Waals surface area (Å²) in [6.07, 6.45) is 2.74. The van der Waals surface area contributed by atoms with Crippen molar-refractivity contribution in [2.24, 2.45) is 0 Å². The van der Waals surface area contributed by atoms with Crippen molar-refractivity contribution in [3.05, 3.63) is 63.6 Å². The molecule has 5 nitrogen and oxygen atoms in total. The van der Waals surface area contributed by atoms with Gasteiger partial charge in [-0.1, -0.05) is 30.3 Å². The molecule has 0 unspecified atom stereocenters. The van der Waals surface area contributed by atoms with Crippen LogP contribution in [0.5, 0.6) is 0 Å². The molecule has 2 rings (SSSR count). The molecule has 0 spiro atoms. The summed E-state index contributed by atoms with van der Waals surface area (Å²) in [5, 5.41) is 0. The number of furan rings is 1. The topological polar surface area (TPSA) is 59.8 Å². The van der Waals surface area contributed by atoms with E-state index >= 15 is 0 Å². The number of hydrogen-bond acceptors (Lipinski definition) is 4. The summed E-state index contributed by atoms with van der Waals surface area (Å²) in [5.41, 5.74) is 1.02. The molecule has 0 aliphatic heterocycles. The highest BCUT2D eigenvalue weighted by Gasteiger charge is 2.11. The van der Waals surface area contributed by atoms with Crippen molar-refractivity contribution in [2.45, 2.75) is 6.54 Å². The van der Waals surface area contributed by atoms with E-state index in [4.69, 9.17) is 9.15 Å². The molecular formula is C17H16INO4. The Labute approximate surface area is 148 Å². The van der Waals surface area contributed by atoms with Gasteiger partial charge >= 0.3 is 5.97 Å². The SMILES string of the molecule is CN(Cc1ccccc1)C(=O)COC(=O)/C=C/c1ccc(I)o1. The first-order valence-corrected chi connectivity index (χ1v) is 8.00. The van der Waals surface area contributed by atoms with E-state index in [-0.39, 0.29) is 12.5 Å². The fraction of sp³-hybridized carbons (Fsp3) is 0.176. The summed E-state index contributed by atoms with van der Waals surface area (Å²) >= 11 is 2.03. The van der Waals surface area contributed by atoms with Gasteiger partial charge in [0.05, 0.1) is 0 Å². The smallest absolute Gasteiger partial charge is 0.331 e. The Bertz CT molecular complexity index is 694. The number of hydrogen-bond donors (Lipinski definition) is 0. The lowest BCUT2D eigenvalue weighted by atomic mass is 10.2. The third-order valence-corrected chi connectivity index (χ3v) is 3.58. The Morgan fingerprint density at radius 2 is 1.96 bits per heavy atom. The largest absolute Gasteiger partial charge is 0.452 e. The van der Waals surface area contributed by atoms with Gasteiger partial charge in [0.1, 0.15) is 5.76 Å². The second-order valence-electron chi connectivity index (χ2n) is 4.82. The first-order valence-electron chi connectivity index (χ1n) is 6.92. The third kappa shape index (κ3) is 5.90. The summed E-state index contributed by atoms with van der Waals surface area (Å²) in [4.78, 5) is 25.0. The highest BCUT2D eigenvalue weighted by atomic mass is 127. The molecule has 1 aromatic heterocycles. The summed E-state index contributed by atoms with van der Waals surface area (Å²) in [7, 11) is 1.67. The number of benzene rings is 1. The van der Waals surface area contributed by atoms with Gasteiger partial charge in [0, 0.05) is 19.7 Å². The molecule has 0 radical (unpaired) electrons. The molecular weight excluding hydrogens is 409 g/mol. The third-order valence-electron chi connectivity index (χ3n) is 3.00. The molecule has 0 saturated carbocycles. The maximum Gasteiger partial charge on any atom is 0.331 e. The summed E-state index contributed by atoms with van der Waals surface area (Å²) < 4.78 is 10.9. The van der Waals surface area contributed by atoms with E-state index in [0.717, 1.165) is 9.33 Å². The van der Waals surface area contributed by atoms with Gasteiger partial charge in [-0.05, 0) is 46.4 Å². The molecule has 23 heavy (non-hydrogen) atoms. The van der Waals surface area contributed by atoms with Gasteiger partial charge in [-0.2, -0.15) is 0 Å². The number of likely N-dealkylation sites (N-methyl/N-ethyl adjacent to an activating group) is 1. The molecule has 0 bridgehead atoms. The van der Waals surface area contributed by atoms with Gasteiger partial charge in [-0.3, -0.25) is 4.79 Å². The van der Waals surface area contributed by atoms with E-state index in [1.165, 1.54) is 17.1 Å². The maximum absolute atomic E-state index is 11.9. The summed E-state index contributed by atoms with van der Waals surface area (Å²) in [6.45, 7) is 0.181. The van der Waals surface area contributed by atoms with Crippen molar-refractivity contribution in [1.82, 2.24) is 4.90 Å². The van der Waals surface area contributed by atoms with Crippen LogP contribution in [0.3, 0.4) is 0 Å². The molecule has 0 aliphatic carbocycles. The van der Waals surface area contributed by atoms with Crippen LogP contribution in [0.1, 0.15) is 11.3 Å². The van der Waals surface area contributed by atoms with Gasteiger partial charge < -0.3 is 14.1 Å². The molecule has 1 heterocycles. The highest BCUT2D eigenvalue weighted by Crippen LogP contribution is 2.11. The van der Waals surface area contributed by atoms with Crippen LogP contribution in [0.2, 0.25) is 0 Å². The van der Waals surface area contributed by atoms with E-state index in [0.29, 0.717) is 12.3 Å². The van der Waals surface area contributed by atoms with Crippen LogP contribution in [0.25, 0.3) is 6.08 Å². The number of nitrogens with zero attached hydrogens (tertiary/aromatic N) is 1. The Morgan fingerprint density at radius 3 is 2.61 bits per heavy atom. The zero-order chi connectivity index (χ0) is 16.7. The van der Waals surface area contributed by atoms with Crippen molar-refractivity contribution in [1.29, 1.82) is 0 Å². The van der Waals surface area contributed by atoms with Crippen molar-refractivity contribution in [3.63, 3.8) is 0 Å². The Hall–Kier alpha value is -2.09. The molecule has 1 amide bonds. The number of amides is 1.